The van der Waals surface area contributed by atoms with E-state index in [9.17, 15) is 4.79 Å². The topological polar surface area (TPSA) is 42.4 Å². The van der Waals surface area contributed by atoms with Gasteiger partial charge in [0.15, 0.2) is 0 Å². The quantitative estimate of drug-likeness (QED) is 0.762. The summed E-state index contributed by atoms with van der Waals surface area (Å²) >= 11 is 0. The lowest BCUT2D eigenvalue weighted by atomic mass is 10.2. The third-order valence-corrected chi connectivity index (χ3v) is 4.22. The number of fused-ring (bicyclic) bond motifs is 1. The minimum Gasteiger partial charge on any atom is -0.360 e. The van der Waals surface area contributed by atoms with Crippen LogP contribution < -0.4 is 4.90 Å². The van der Waals surface area contributed by atoms with Crippen LogP contribution in [-0.4, -0.2) is 48.7 Å². The highest BCUT2D eigenvalue weighted by molar-refractivity contribution is 8.32. The number of hydrogen-bond donors (Lipinski definition) is 0. The first-order chi connectivity index (χ1) is 8.47. The van der Waals surface area contributed by atoms with Crippen molar-refractivity contribution in [2.24, 2.45) is 0 Å². The molecule has 0 atom stereocenters. The highest BCUT2D eigenvalue weighted by Gasteiger charge is 2.28. The summed E-state index contributed by atoms with van der Waals surface area (Å²) < 4.78 is 5.61. The van der Waals surface area contributed by atoms with E-state index in [0.29, 0.717) is 19.8 Å². The summed E-state index contributed by atoms with van der Waals surface area (Å²) in [7, 11) is -0.538. The van der Waals surface area contributed by atoms with Gasteiger partial charge in [0.05, 0.1) is 13.0 Å². The van der Waals surface area contributed by atoms with Crippen LogP contribution in [0.2, 0.25) is 0 Å². The first-order valence-corrected chi connectivity index (χ1v) is 8.98. The molecular weight excluding hydrogens is 248 g/mol. The number of pyridine rings is 1. The minimum atomic E-state index is -0.538. The number of anilines is 1. The summed E-state index contributed by atoms with van der Waals surface area (Å²) in [5.41, 5.74) is 0.993. The highest BCUT2D eigenvalue weighted by Crippen LogP contribution is 2.33. The Balaban J connectivity index is 1.89. The second-order valence-electron chi connectivity index (χ2n) is 5.32. The predicted molar refractivity (Wildman–Crippen MR) is 76.5 cm³/mol. The highest BCUT2D eigenvalue weighted by atomic mass is 32.3. The molecule has 1 aromatic rings. The van der Waals surface area contributed by atoms with E-state index in [0.717, 1.165) is 17.1 Å². The summed E-state index contributed by atoms with van der Waals surface area (Å²) in [5, 5.41) is 0. The molecule has 0 spiro atoms. The zero-order valence-corrected chi connectivity index (χ0v) is 12.0. The van der Waals surface area contributed by atoms with Gasteiger partial charge in [0.1, 0.15) is 12.5 Å². The number of rotatable bonds is 5. The van der Waals surface area contributed by atoms with Crippen molar-refractivity contribution < 1.29 is 9.53 Å². The fourth-order valence-electron chi connectivity index (χ4n) is 1.79. The molecule has 0 saturated carbocycles. The standard InChI is InChI=1S/C13H20N2O2S/c1-18(2,3)8-7-17-10-15-12(16)9-11-5-4-6-14-13(11)15/h4-6H,7-10H2,1-3H3. The number of nitrogens with zero attached hydrogens (tertiary/aromatic N) is 2. The maximum Gasteiger partial charge on any atom is 0.234 e. The summed E-state index contributed by atoms with van der Waals surface area (Å²) in [6.07, 6.45) is 8.93. The van der Waals surface area contributed by atoms with E-state index in [4.69, 9.17) is 4.74 Å². The summed E-state index contributed by atoms with van der Waals surface area (Å²) in [5.74, 6) is 1.89. The Hall–Kier alpha value is -1.07. The van der Waals surface area contributed by atoms with Crippen LogP contribution in [0.3, 0.4) is 0 Å². The molecule has 0 N–H and O–H groups in total. The van der Waals surface area contributed by atoms with Gasteiger partial charge in [-0.1, -0.05) is 6.07 Å². The normalized spacial score (nSPS) is 15.9. The van der Waals surface area contributed by atoms with Gasteiger partial charge in [-0.05, 0) is 24.8 Å². The number of carbonyl (C=O) groups excluding carboxylic acids is 1. The molecule has 0 aromatic carbocycles. The van der Waals surface area contributed by atoms with Gasteiger partial charge in [-0.3, -0.25) is 9.69 Å². The van der Waals surface area contributed by atoms with Gasteiger partial charge < -0.3 is 4.74 Å². The van der Waals surface area contributed by atoms with Crippen LogP contribution >= 0.6 is 10.0 Å². The molecular formula is C13H20N2O2S. The molecule has 1 aliphatic heterocycles. The fourth-order valence-corrected chi connectivity index (χ4v) is 2.40. The Morgan fingerprint density at radius 2 is 2.22 bits per heavy atom. The fraction of sp³-hybridized carbons (Fsp3) is 0.538. The molecule has 100 valence electrons. The summed E-state index contributed by atoms with van der Waals surface area (Å²) in [4.78, 5) is 17.7. The molecule has 0 aliphatic carbocycles. The van der Waals surface area contributed by atoms with Gasteiger partial charge >= 0.3 is 0 Å². The molecule has 0 fully saturated rings. The Bertz CT molecular complexity index is 443. The van der Waals surface area contributed by atoms with Gasteiger partial charge in [-0.15, -0.1) is 0 Å². The van der Waals surface area contributed by atoms with Crippen LogP contribution in [0.4, 0.5) is 5.82 Å². The predicted octanol–water partition coefficient (Wildman–Crippen LogP) is 1.64. The summed E-state index contributed by atoms with van der Waals surface area (Å²) in [6, 6.07) is 3.80. The smallest absolute Gasteiger partial charge is 0.234 e. The first-order valence-electron chi connectivity index (χ1n) is 5.95. The van der Waals surface area contributed by atoms with Crippen LogP contribution in [-0.2, 0) is 16.0 Å². The van der Waals surface area contributed by atoms with E-state index in [1.165, 1.54) is 0 Å². The number of carbonyl (C=O) groups is 1. The Morgan fingerprint density at radius 1 is 1.44 bits per heavy atom. The van der Waals surface area contributed by atoms with Crippen molar-refractivity contribution in [3.63, 3.8) is 0 Å². The average molecular weight is 268 g/mol. The second kappa shape index (κ2) is 5.28. The minimum absolute atomic E-state index is 0.0757. The SMILES string of the molecule is CS(C)(C)CCOCN1C(=O)Cc2cccnc21. The molecule has 4 nitrogen and oxygen atoms in total. The van der Waals surface area contributed by atoms with Crippen LogP contribution in [0.1, 0.15) is 5.56 Å². The second-order valence-corrected chi connectivity index (χ2v) is 9.91. The van der Waals surface area contributed by atoms with Crippen molar-refractivity contribution in [3.05, 3.63) is 23.9 Å². The number of ether oxygens (including phenoxy) is 1. The van der Waals surface area contributed by atoms with Crippen molar-refractivity contribution in [2.75, 3.05) is 42.8 Å². The number of aromatic nitrogens is 1. The molecule has 2 rings (SSSR count). The van der Waals surface area contributed by atoms with E-state index in [2.05, 4.69) is 23.8 Å². The zero-order chi connectivity index (χ0) is 13.2. The molecule has 0 saturated heterocycles. The number of hydrogen-bond acceptors (Lipinski definition) is 3. The third-order valence-electron chi connectivity index (χ3n) is 2.83. The lowest BCUT2D eigenvalue weighted by Gasteiger charge is -2.25. The third kappa shape index (κ3) is 3.23. The van der Waals surface area contributed by atoms with E-state index in [-0.39, 0.29) is 5.91 Å². The molecule has 0 bridgehead atoms. The van der Waals surface area contributed by atoms with Crippen LogP contribution in [0, 0.1) is 0 Å². The lowest BCUT2D eigenvalue weighted by Crippen LogP contribution is -2.30. The van der Waals surface area contributed by atoms with Crippen molar-refractivity contribution in [3.8, 4) is 0 Å². The number of amides is 1. The van der Waals surface area contributed by atoms with E-state index >= 15 is 0 Å². The van der Waals surface area contributed by atoms with Crippen LogP contribution in [0.5, 0.6) is 0 Å². The largest absolute Gasteiger partial charge is 0.360 e. The molecule has 2 heterocycles. The van der Waals surface area contributed by atoms with Gasteiger partial charge in [0.25, 0.3) is 0 Å². The maximum atomic E-state index is 11.8. The van der Waals surface area contributed by atoms with Crippen molar-refractivity contribution in [2.45, 2.75) is 6.42 Å². The van der Waals surface area contributed by atoms with Gasteiger partial charge in [0.2, 0.25) is 5.91 Å². The molecule has 5 heteroatoms. The van der Waals surface area contributed by atoms with Gasteiger partial charge in [-0.2, -0.15) is 0 Å². The Kier molecular flexibility index (Phi) is 3.92. The Labute approximate surface area is 110 Å². The maximum absolute atomic E-state index is 11.8. The van der Waals surface area contributed by atoms with Crippen molar-refractivity contribution in [1.82, 2.24) is 4.98 Å². The van der Waals surface area contributed by atoms with E-state index in [1.54, 1.807) is 11.1 Å². The molecule has 18 heavy (non-hydrogen) atoms. The molecule has 1 amide bonds. The van der Waals surface area contributed by atoms with Crippen LogP contribution in [0.25, 0.3) is 0 Å². The van der Waals surface area contributed by atoms with Crippen LogP contribution in [0.15, 0.2) is 18.3 Å². The van der Waals surface area contributed by atoms with Crippen molar-refractivity contribution >= 4 is 21.8 Å². The van der Waals surface area contributed by atoms with E-state index < -0.39 is 10.0 Å². The van der Waals surface area contributed by atoms with E-state index in [1.807, 2.05) is 12.1 Å². The van der Waals surface area contributed by atoms with Crippen molar-refractivity contribution in [1.29, 1.82) is 0 Å². The molecule has 1 aromatic heterocycles. The molecule has 0 radical (unpaired) electrons. The average Bonchev–Trinajstić information content (AvgIpc) is 2.59. The Morgan fingerprint density at radius 3 is 2.94 bits per heavy atom. The van der Waals surface area contributed by atoms with Gasteiger partial charge in [-0.25, -0.2) is 15.0 Å². The zero-order valence-electron chi connectivity index (χ0n) is 11.2. The summed E-state index contributed by atoms with van der Waals surface area (Å²) in [6.45, 7) is 1.02. The lowest BCUT2D eigenvalue weighted by molar-refractivity contribution is -0.118. The van der Waals surface area contributed by atoms with Gasteiger partial charge in [0, 0.05) is 17.5 Å². The molecule has 0 unspecified atom stereocenters. The molecule has 1 aliphatic rings. The first kappa shape index (κ1) is 13.4. The monoisotopic (exact) mass is 268 g/mol.